The fourth-order valence-corrected chi connectivity index (χ4v) is 3.60. The van der Waals surface area contributed by atoms with Crippen LogP contribution in [0.3, 0.4) is 0 Å². The van der Waals surface area contributed by atoms with Crippen molar-refractivity contribution in [3.05, 3.63) is 36.0 Å². The second kappa shape index (κ2) is 5.58. The molecule has 0 radical (unpaired) electrons. The van der Waals surface area contributed by atoms with Crippen molar-refractivity contribution in [2.75, 3.05) is 6.61 Å². The van der Waals surface area contributed by atoms with Crippen LogP contribution in [-0.2, 0) is 6.54 Å². The van der Waals surface area contributed by atoms with Crippen molar-refractivity contribution in [3.63, 3.8) is 0 Å². The molecule has 1 aliphatic carbocycles. The molecule has 3 N–H and O–H groups in total. The highest BCUT2D eigenvalue weighted by Crippen LogP contribution is 2.32. The number of aliphatic hydroxyl groups is 1. The first kappa shape index (κ1) is 13.7. The van der Waals surface area contributed by atoms with Crippen molar-refractivity contribution < 1.29 is 5.11 Å². The van der Waals surface area contributed by atoms with E-state index in [1.807, 2.05) is 6.20 Å². The van der Waals surface area contributed by atoms with E-state index in [0.29, 0.717) is 5.92 Å². The standard InChI is InChI=1S/C17H24N2O/c1-13-4-3-8-17(10-13,12-20)19-11-15-6-2-5-14-7-9-18-16(14)15/h2,5-7,9,13,18-20H,3-4,8,10-12H2,1H3. The molecule has 0 aliphatic heterocycles. The molecule has 3 rings (SSSR count). The first-order valence-corrected chi connectivity index (χ1v) is 7.63. The van der Waals surface area contributed by atoms with Crippen molar-refractivity contribution in [1.82, 2.24) is 10.3 Å². The molecule has 0 amide bonds. The summed E-state index contributed by atoms with van der Waals surface area (Å²) in [5.74, 6) is 0.699. The molecule has 1 saturated carbocycles. The highest BCUT2D eigenvalue weighted by Gasteiger charge is 2.33. The van der Waals surface area contributed by atoms with E-state index < -0.39 is 0 Å². The lowest BCUT2D eigenvalue weighted by Crippen LogP contribution is -2.51. The summed E-state index contributed by atoms with van der Waals surface area (Å²) in [4.78, 5) is 3.31. The highest BCUT2D eigenvalue weighted by molar-refractivity contribution is 5.82. The first-order valence-electron chi connectivity index (χ1n) is 7.63. The van der Waals surface area contributed by atoms with Crippen LogP contribution in [0.25, 0.3) is 10.9 Å². The number of hydrogen-bond donors (Lipinski definition) is 3. The van der Waals surface area contributed by atoms with Crippen LogP contribution in [0.5, 0.6) is 0 Å². The van der Waals surface area contributed by atoms with Gasteiger partial charge in [-0.3, -0.25) is 0 Å². The molecule has 2 unspecified atom stereocenters. The third-order valence-corrected chi connectivity index (χ3v) is 4.72. The number of para-hydroxylation sites is 1. The number of hydrogen-bond acceptors (Lipinski definition) is 2. The SMILES string of the molecule is CC1CCCC(CO)(NCc2cccc3cc[nH]c23)C1. The molecular formula is C17H24N2O. The zero-order valence-electron chi connectivity index (χ0n) is 12.2. The lowest BCUT2D eigenvalue weighted by Gasteiger charge is -2.39. The third-order valence-electron chi connectivity index (χ3n) is 4.72. The monoisotopic (exact) mass is 272 g/mol. The van der Waals surface area contributed by atoms with E-state index in [4.69, 9.17) is 0 Å². The normalized spacial score (nSPS) is 27.0. The summed E-state index contributed by atoms with van der Waals surface area (Å²) < 4.78 is 0. The predicted molar refractivity (Wildman–Crippen MR) is 82.6 cm³/mol. The molecule has 20 heavy (non-hydrogen) atoms. The van der Waals surface area contributed by atoms with E-state index >= 15 is 0 Å². The van der Waals surface area contributed by atoms with Crippen LogP contribution in [0, 0.1) is 5.92 Å². The number of benzene rings is 1. The second-order valence-electron chi connectivity index (χ2n) is 6.35. The van der Waals surface area contributed by atoms with Gasteiger partial charge in [0.25, 0.3) is 0 Å². The molecule has 3 heteroatoms. The predicted octanol–water partition coefficient (Wildman–Crippen LogP) is 3.20. The Morgan fingerprint density at radius 2 is 2.30 bits per heavy atom. The highest BCUT2D eigenvalue weighted by atomic mass is 16.3. The quantitative estimate of drug-likeness (QED) is 0.800. The maximum absolute atomic E-state index is 9.84. The molecule has 3 nitrogen and oxygen atoms in total. The summed E-state index contributed by atoms with van der Waals surface area (Å²) in [5, 5.41) is 14.7. The largest absolute Gasteiger partial charge is 0.394 e. The molecule has 2 atom stereocenters. The van der Waals surface area contributed by atoms with E-state index in [2.05, 4.69) is 41.5 Å². The van der Waals surface area contributed by atoms with Crippen LogP contribution in [0.1, 0.15) is 38.2 Å². The summed E-state index contributed by atoms with van der Waals surface area (Å²) in [6, 6.07) is 8.48. The molecular weight excluding hydrogens is 248 g/mol. The molecule has 1 aliphatic rings. The zero-order chi connectivity index (χ0) is 14.0. The first-order chi connectivity index (χ1) is 9.72. The van der Waals surface area contributed by atoms with E-state index in [1.165, 1.54) is 29.3 Å². The lowest BCUT2D eigenvalue weighted by molar-refractivity contribution is 0.0983. The molecule has 1 fully saturated rings. The van der Waals surface area contributed by atoms with Crippen molar-refractivity contribution in [2.45, 2.75) is 44.7 Å². The van der Waals surface area contributed by atoms with Crippen LogP contribution < -0.4 is 5.32 Å². The Morgan fingerprint density at radius 3 is 3.10 bits per heavy atom. The van der Waals surface area contributed by atoms with Gasteiger partial charge in [0.2, 0.25) is 0 Å². The molecule has 1 aromatic carbocycles. The van der Waals surface area contributed by atoms with Crippen LogP contribution in [0.15, 0.2) is 30.5 Å². The summed E-state index contributed by atoms with van der Waals surface area (Å²) in [6.45, 7) is 3.33. The minimum absolute atomic E-state index is 0.0908. The zero-order valence-corrected chi connectivity index (χ0v) is 12.2. The number of fused-ring (bicyclic) bond motifs is 1. The minimum Gasteiger partial charge on any atom is -0.394 e. The lowest BCUT2D eigenvalue weighted by atomic mass is 9.76. The van der Waals surface area contributed by atoms with E-state index in [0.717, 1.165) is 19.4 Å². The number of H-pyrrole nitrogens is 1. The van der Waals surface area contributed by atoms with Gasteiger partial charge in [0.05, 0.1) is 6.61 Å². The molecule has 0 bridgehead atoms. The minimum atomic E-state index is -0.0908. The summed E-state index contributed by atoms with van der Waals surface area (Å²) in [6.07, 6.45) is 6.63. The van der Waals surface area contributed by atoms with Gasteiger partial charge >= 0.3 is 0 Å². The summed E-state index contributed by atoms with van der Waals surface area (Å²) >= 11 is 0. The maximum atomic E-state index is 9.84. The summed E-state index contributed by atoms with van der Waals surface area (Å²) in [5.41, 5.74) is 2.39. The van der Waals surface area contributed by atoms with Gasteiger partial charge in [0.15, 0.2) is 0 Å². The molecule has 0 saturated heterocycles. The summed E-state index contributed by atoms with van der Waals surface area (Å²) in [7, 11) is 0. The van der Waals surface area contributed by atoms with Crippen LogP contribution in [0.2, 0.25) is 0 Å². The Hall–Kier alpha value is -1.32. The molecule has 2 aromatic rings. The number of aromatic amines is 1. The third kappa shape index (κ3) is 2.60. The van der Waals surface area contributed by atoms with Crippen LogP contribution >= 0.6 is 0 Å². The van der Waals surface area contributed by atoms with Crippen molar-refractivity contribution in [2.24, 2.45) is 5.92 Å². The Bertz CT molecular complexity index is 577. The Labute approximate surface area is 120 Å². The average molecular weight is 272 g/mol. The van der Waals surface area contributed by atoms with E-state index in [1.54, 1.807) is 0 Å². The Kier molecular flexibility index (Phi) is 3.81. The van der Waals surface area contributed by atoms with Gasteiger partial charge in [-0.15, -0.1) is 0 Å². The second-order valence-corrected chi connectivity index (χ2v) is 6.35. The van der Waals surface area contributed by atoms with Crippen molar-refractivity contribution in [3.8, 4) is 0 Å². The Morgan fingerprint density at radius 1 is 1.40 bits per heavy atom. The van der Waals surface area contributed by atoms with Gasteiger partial charge in [0.1, 0.15) is 0 Å². The number of rotatable bonds is 4. The van der Waals surface area contributed by atoms with Gasteiger partial charge in [-0.05, 0) is 35.8 Å². The number of aromatic nitrogens is 1. The molecule has 1 heterocycles. The van der Waals surface area contributed by atoms with Gasteiger partial charge in [-0.2, -0.15) is 0 Å². The average Bonchev–Trinajstić information content (AvgIpc) is 2.94. The fraction of sp³-hybridized carbons (Fsp3) is 0.529. The smallest absolute Gasteiger partial charge is 0.0613 e. The number of nitrogens with one attached hydrogen (secondary N) is 2. The van der Waals surface area contributed by atoms with Crippen LogP contribution in [-0.4, -0.2) is 22.2 Å². The molecule has 0 spiro atoms. The van der Waals surface area contributed by atoms with Crippen molar-refractivity contribution in [1.29, 1.82) is 0 Å². The van der Waals surface area contributed by atoms with Gasteiger partial charge in [-0.1, -0.05) is 38.0 Å². The van der Waals surface area contributed by atoms with Gasteiger partial charge in [-0.25, -0.2) is 0 Å². The molecule has 1 aromatic heterocycles. The molecule has 108 valence electrons. The van der Waals surface area contributed by atoms with Crippen LogP contribution in [0.4, 0.5) is 0 Å². The Balaban J connectivity index is 1.76. The van der Waals surface area contributed by atoms with Crippen molar-refractivity contribution >= 4 is 10.9 Å². The maximum Gasteiger partial charge on any atom is 0.0613 e. The van der Waals surface area contributed by atoms with E-state index in [9.17, 15) is 5.11 Å². The fourth-order valence-electron chi connectivity index (χ4n) is 3.60. The number of aliphatic hydroxyl groups excluding tert-OH is 1. The van der Waals surface area contributed by atoms with Gasteiger partial charge in [0, 0.05) is 23.8 Å². The topological polar surface area (TPSA) is 48.0 Å². The van der Waals surface area contributed by atoms with E-state index in [-0.39, 0.29) is 12.1 Å². The van der Waals surface area contributed by atoms with Gasteiger partial charge < -0.3 is 15.4 Å².